The zero-order valence-corrected chi connectivity index (χ0v) is 16.6. The highest BCUT2D eigenvalue weighted by Gasteiger charge is 2.26. The van der Waals surface area contributed by atoms with Crippen LogP contribution in [0.25, 0.3) is 0 Å². The van der Waals surface area contributed by atoms with Crippen LogP contribution in [-0.2, 0) is 11.3 Å². The molecule has 1 amide bonds. The van der Waals surface area contributed by atoms with Crippen LogP contribution in [-0.4, -0.2) is 37.3 Å². The van der Waals surface area contributed by atoms with E-state index in [1.807, 2.05) is 13.8 Å². The van der Waals surface area contributed by atoms with E-state index < -0.39 is 5.97 Å². The molecule has 0 bridgehead atoms. The minimum Gasteiger partial charge on any atom is -0.493 e. The topological polar surface area (TPSA) is 78.8 Å². The molecule has 0 unspecified atom stereocenters. The Kier molecular flexibility index (Phi) is 6.50. The van der Waals surface area contributed by atoms with Crippen molar-refractivity contribution in [2.45, 2.75) is 34.2 Å². The third-order valence-corrected chi connectivity index (χ3v) is 4.42. The molecule has 2 aromatic rings. The lowest BCUT2D eigenvalue weighted by molar-refractivity contribution is 0.0512. The van der Waals surface area contributed by atoms with Gasteiger partial charge in [0.2, 0.25) is 0 Å². The lowest BCUT2D eigenvalue weighted by atomic mass is 10.1. The summed E-state index contributed by atoms with van der Waals surface area (Å²) in [5.74, 6) is 0.367. The summed E-state index contributed by atoms with van der Waals surface area (Å²) < 4.78 is 17.4. The smallest absolute Gasteiger partial charge is 0.355 e. The van der Waals surface area contributed by atoms with Crippen LogP contribution in [0.2, 0.25) is 0 Å². The van der Waals surface area contributed by atoms with Gasteiger partial charge in [0, 0.05) is 24.0 Å². The first-order chi connectivity index (χ1) is 12.9. The molecule has 0 fully saturated rings. The highest BCUT2D eigenvalue weighted by Crippen LogP contribution is 2.30. The van der Waals surface area contributed by atoms with Gasteiger partial charge >= 0.3 is 5.97 Å². The van der Waals surface area contributed by atoms with Crippen LogP contribution in [0.3, 0.4) is 0 Å². The van der Waals surface area contributed by atoms with Crippen LogP contribution in [0.1, 0.15) is 46.0 Å². The van der Waals surface area contributed by atoms with Gasteiger partial charge in [0.1, 0.15) is 5.69 Å². The van der Waals surface area contributed by atoms with Gasteiger partial charge in [-0.15, -0.1) is 0 Å². The number of esters is 1. The number of ether oxygens (including phenoxy) is 3. The monoisotopic (exact) mass is 374 g/mol. The Labute approximate surface area is 159 Å². The maximum absolute atomic E-state index is 12.9. The Morgan fingerprint density at radius 2 is 1.74 bits per heavy atom. The summed E-state index contributed by atoms with van der Waals surface area (Å²) in [5.41, 5.74) is 2.77. The molecule has 0 atom stereocenters. The van der Waals surface area contributed by atoms with Crippen molar-refractivity contribution in [3.63, 3.8) is 0 Å². The summed E-state index contributed by atoms with van der Waals surface area (Å²) in [6, 6.07) is 5.13. The van der Waals surface area contributed by atoms with E-state index >= 15 is 0 Å². The number of nitrogens with one attached hydrogen (secondary N) is 1. The van der Waals surface area contributed by atoms with Crippen molar-refractivity contribution in [2.75, 3.05) is 26.1 Å². The average molecular weight is 374 g/mol. The Morgan fingerprint density at radius 1 is 1.07 bits per heavy atom. The molecule has 7 nitrogen and oxygen atoms in total. The van der Waals surface area contributed by atoms with E-state index in [0.29, 0.717) is 40.6 Å². The normalized spacial score (nSPS) is 10.4. The number of benzene rings is 1. The predicted molar refractivity (Wildman–Crippen MR) is 103 cm³/mol. The van der Waals surface area contributed by atoms with Gasteiger partial charge in [-0.2, -0.15) is 0 Å². The number of nitrogens with zero attached hydrogens (tertiary/aromatic N) is 1. The molecule has 27 heavy (non-hydrogen) atoms. The van der Waals surface area contributed by atoms with Gasteiger partial charge in [0.15, 0.2) is 11.5 Å². The molecule has 0 saturated carbocycles. The minimum atomic E-state index is -0.426. The van der Waals surface area contributed by atoms with Gasteiger partial charge < -0.3 is 24.1 Å². The predicted octanol–water partition coefficient (Wildman–Crippen LogP) is 3.57. The van der Waals surface area contributed by atoms with Crippen molar-refractivity contribution < 1.29 is 23.8 Å². The first-order valence-electron chi connectivity index (χ1n) is 8.79. The second-order valence-electron chi connectivity index (χ2n) is 5.92. The summed E-state index contributed by atoms with van der Waals surface area (Å²) in [7, 11) is 3.08. The maximum Gasteiger partial charge on any atom is 0.355 e. The van der Waals surface area contributed by atoms with Crippen LogP contribution in [0.5, 0.6) is 11.5 Å². The molecular weight excluding hydrogens is 348 g/mol. The maximum atomic E-state index is 12.9. The van der Waals surface area contributed by atoms with Gasteiger partial charge in [0.25, 0.3) is 5.91 Å². The minimum absolute atomic E-state index is 0.277. The van der Waals surface area contributed by atoms with Gasteiger partial charge in [-0.25, -0.2) is 4.79 Å². The number of hydrogen-bond donors (Lipinski definition) is 1. The molecule has 2 rings (SSSR count). The van der Waals surface area contributed by atoms with E-state index in [0.717, 1.165) is 5.69 Å². The first-order valence-corrected chi connectivity index (χ1v) is 8.79. The van der Waals surface area contributed by atoms with Crippen LogP contribution in [0.15, 0.2) is 18.2 Å². The van der Waals surface area contributed by atoms with E-state index in [2.05, 4.69) is 5.32 Å². The summed E-state index contributed by atoms with van der Waals surface area (Å²) >= 11 is 0. The number of hydrogen-bond acceptors (Lipinski definition) is 5. The molecule has 1 aromatic heterocycles. The fraction of sp³-hybridized carbons (Fsp3) is 0.400. The second-order valence-corrected chi connectivity index (χ2v) is 5.92. The summed E-state index contributed by atoms with van der Waals surface area (Å²) in [6.45, 7) is 8.09. The molecular formula is C20H26N2O5. The molecule has 1 N–H and O–H groups in total. The SMILES string of the molecule is CCOC(=O)c1c(C)c(C(=O)Nc2ccc(OC)c(OC)c2)c(C)n1CC. The average Bonchev–Trinajstić information content (AvgIpc) is 2.91. The molecule has 1 aromatic carbocycles. The number of carbonyl (C=O) groups is 2. The molecule has 0 spiro atoms. The third kappa shape index (κ3) is 3.92. The molecule has 0 aliphatic rings. The molecule has 0 saturated heterocycles. The van der Waals surface area contributed by atoms with Crippen LogP contribution in [0.4, 0.5) is 5.69 Å². The number of methoxy groups -OCH3 is 2. The highest BCUT2D eigenvalue weighted by atomic mass is 16.5. The summed E-state index contributed by atoms with van der Waals surface area (Å²) in [4.78, 5) is 25.3. The molecule has 146 valence electrons. The van der Waals surface area contributed by atoms with Crippen molar-refractivity contribution >= 4 is 17.6 Å². The van der Waals surface area contributed by atoms with Crippen molar-refractivity contribution in [3.8, 4) is 11.5 Å². The third-order valence-electron chi connectivity index (χ3n) is 4.42. The zero-order chi connectivity index (χ0) is 20.1. The van der Waals surface area contributed by atoms with Crippen molar-refractivity contribution in [1.82, 2.24) is 4.57 Å². The van der Waals surface area contributed by atoms with Crippen molar-refractivity contribution in [1.29, 1.82) is 0 Å². The van der Waals surface area contributed by atoms with E-state index in [-0.39, 0.29) is 12.5 Å². The number of carbonyl (C=O) groups excluding carboxylic acids is 2. The lowest BCUT2D eigenvalue weighted by Crippen LogP contribution is -2.14. The first kappa shape index (κ1) is 20.4. The summed E-state index contributed by atoms with van der Waals surface area (Å²) in [5, 5.41) is 2.86. The van der Waals surface area contributed by atoms with Gasteiger partial charge in [0.05, 0.1) is 26.4 Å². The molecule has 1 heterocycles. The Bertz CT molecular complexity index is 855. The largest absolute Gasteiger partial charge is 0.493 e. The van der Waals surface area contributed by atoms with E-state index in [1.165, 1.54) is 7.11 Å². The Hall–Kier alpha value is -2.96. The highest BCUT2D eigenvalue weighted by molar-refractivity contribution is 6.08. The summed E-state index contributed by atoms with van der Waals surface area (Å²) in [6.07, 6.45) is 0. The van der Waals surface area contributed by atoms with Gasteiger partial charge in [-0.3, -0.25) is 4.79 Å². The quantitative estimate of drug-likeness (QED) is 0.750. The standard InChI is InChI=1S/C20H26N2O5/c1-7-22-13(4)17(12(3)18(22)20(24)27-8-2)19(23)21-14-9-10-15(25-5)16(11-14)26-6/h9-11H,7-8H2,1-6H3,(H,21,23). The molecule has 0 aliphatic heterocycles. The van der Waals surface area contributed by atoms with E-state index in [4.69, 9.17) is 14.2 Å². The Balaban J connectivity index is 2.41. The van der Waals surface area contributed by atoms with Crippen molar-refractivity contribution in [2.24, 2.45) is 0 Å². The molecule has 7 heteroatoms. The van der Waals surface area contributed by atoms with Crippen LogP contribution >= 0.6 is 0 Å². The lowest BCUT2D eigenvalue weighted by Gasteiger charge is -2.11. The van der Waals surface area contributed by atoms with Crippen LogP contribution in [0, 0.1) is 13.8 Å². The van der Waals surface area contributed by atoms with Crippen molar-refractivity contribution in [3.05, 3.63) is 40.7 Å². The second kappa shape index (κ2) is 8.62. The number of aromatic nitrogens is 1. The van der Waals surface area contributed by atoms with Crippen LogP contribution < -0.4 is 14.8 Å². The van der Waals surface area contributed by atoms with E-state index in [9.17, 15) is 9.59 Å². The van der Waals surface area contributed by atoms with Gasteiger partial charge in [-0.05, 0) is 45.4 Å². The Morgan fingerprint density at radius 3 is 2.30 bits per heavy atom. The molecule has 0 radical (unpaired) electrons. The number of amides is 1. The molecule has 0 aliphatic carbocycles. The fourth-order valence-corrected chi connectivity index (χ4v) is 3.20. The number of anilines is 1. The van der Waals surface area contributed by atoms with E-state index in [1.54, 1.807) is 43.7 Å². The van der Waals surface area contributed by atoms with Gasteiger partial charge in [-0.1, -0.05) is 0 Å². The fourth-order valence-electron chi connectivity index (χ4n) is 3.20. The zero-order valence-electron chi connectivity index (χ0n) is 16.6. The number of rotatable bonds is 7.